The van der Waals surface area contributed by atoms with E-state index in [1.54, 1.807) is 6.92 Å². The van der Waals surface area contributed by atoms with Crippen molar-refractivity contribution in [1.82, 2.24) is 5.01 Å². The summed E-state index contributed by atoms with van der Waals surface area (Å²) in [6.07, 6.45) is -0.964. The van der Waals surface area contributed by atoms with Gasteiger partial charge in [-0.15, -0.1) is 5.01 Å². The molecular formula is C9H17N3O7. The average molecular weight is 279 g/mol. The summed E-state index contributed by atoms with van der Waals surface area (Å²) in [5, 5.41) is 24.1. The van der Waals surface area contributed by atoms with Gasteiger partial charge in [-0.05, 0) is 20.8 Å². The van der Waals surface area contributed by atoms with E-state index in [-0.39, 0.29) is 11.6 Å². The summed E-state index contributed by atoms with van der Waals surface area (Å²) in [5.74, 6) is -1.21. The highest BCUT2D eigenvalue weighted by Gasteiger charge is 2.38. The van der Waals surface area contributed by atoms with Crippen LogP contribution in [0.1, 0.15) is 20.8 Å². The SMILES string of the molecule is CCOC(=O)OCO/N=[N+](\[O-])N(C)C(C)(C)C(=O)O. The lowest BCUT2D eigenvalue weighted by molar-refractivity contribution is -0.718. The van der Waals surface area contributed by atoms with Crippen molar-refractivity contribution in [2.24, 2.45) is 5.28 Å². The Morgan fingerprint density at radius 2 is 2.00 bits per heavy atom. The van der Waals surface area contributed by atoms with Crippen LogP contribution in [0.15, 0.2) is 5.28 Å². The molecule has 0 atom stereocenters. The molecule has 0 saturated heterocycles. The molecule has 10 heteroatoms. The number of likely N-dealkylation sites (N-methyl/N-ethyl adjacent to an activating group) is 1. The van der Waals surface area contributed by atoms with Crippen LogP contribution in [-0.4, -0.2) is 53.2 Å². The Hall–Kier alpha value is -2.26. The average Bonchev–Trinajstić information content (AvgIpc) is 2.33. The summed E-state index contributed by atoms with van der Waals surface area (Å²) in [7, 11) is 1.22. The molecule has 0 aliphatic rings. The van der Waals surface area contributed by atoms with E-state index >= 15 is 0 Å². The zero-order valence-electron chi connectivity index (χ0n) is 11.2. The molecule has 0 fully saturated rings. The fourth-order valence-electron chi connectivity index (χ4n) is 0.714. The molecule has 10 nitrogen and oxygen atoms in total. The second-order valence-corrected chi connectivity index (χ2v) is 3.80. The van der Waals surface area contributed by atoms with Crippen LogP contribution in [0.3, 0.4) is 0 Å². The van der Waals surface area contributed by atoms with Crippen LogP contribution in [-0.2, 0) is 19.1 Å². The maximum atomic E-state index is 11.4. The number of rotatable bonds is 7. The number of aliphatic carboxylic acids is 1. The summed E-state index contributed by atoms with van der Waals surface area (Å²) in [4.78, 5) is 25.9. The van der Waals surface area contributed by atoms with Gasteiger partial charge in [0.25, 0.3) is 6.79 Å². The molecule has 0 aliphatic heterocycles. The summed E-state index contributed by atoms with van der Waals surface area (Å²) >= 11 is 0. The van der Waals surface area contributed by atoms with Gasteiger partial charge in [-0.25, -0.2) is 9.59 Å². The molecule has 0 bridgehead atoms. The first kappa shape index (κ1) is 16.7. The van der Waals surface area contributed by atoms with Gasteiger partial charge in [0.05, 0.1) is 18.6 Å². The van der Waals surface area contributed by atoms with E-state index in [1.807, 2.05) is 0 Å². The maximum Gasteiger partial charge on any atom is 0.511 e. The summed E-state index contributed by atoms with van der Waals surface area (Å²) in [6, 6.07) is 0. The molecule has 0 aromatic rings. The molecule has 0 rings (SSSR count). The van der Waals surface area contributed by atoms with Crippen LogP contribution in [0.5, 0.6) is 0 Å². The van der Waals surface area contributed by atoms with Gasteiger partial charge in [-0.1, -0.05) is 0 Å². The van der Waals surface area contributed by atoms with Gasteiger partial charge in [0.2, 0.25) is 5.28 Å². The van der Waals surface area contributed by atoms with Crippen molar-refractivity contribution in [3.05, 3.63) is 5.21 Å². The number of ether oxygens (including phenoxy) is 2. The molecule has 0 amide bonds. The van der Waals surface area contributed by atoms with Crippen LogP contribution in [0.2, 0.25) is 0 Å². The third-order valence-electron chi connectivity index (χ3n) is 2.21. The van der Waals surface area contributed by atoms with E-state index in [0.29, 0.717) is 0 Å². The van der Waals surface area contributed by atoms with Gasteiger partial charge in [-0.3, -0.25) is 0 Å². The summed E-state index contributed by atoms with van der Waals surface area (Å²) in [6.45, 7) is 3.72. The van der Waals surface area contributed by atoms with Gasteiger partial charge < -0.3 is 24.6 Å². The van der Waals surface area contributed by atoms with Crippen LogP contribution >= 0.6 is 0 Å². The van der Waals surface area contributed by atoms with Gasteiger partial charge in [0.1, 0.15) is 0 Å². The van der Waals surface area contributed by atoms with Crippen LogP contribution in [0.25, 0.3) is 0 Å². The van der Waals surface area contributed by atoms with E-state index in [2.05, 4.69) is 19.6 Å². The molecule has 0 aromatic carbocycles. The predicted molar refractivity (Wildman–Crippen MR) is 59.6 cm³/mol. The largest absolute Gasteiger partial charge is 0.569 e. The topological polar surface area (TPSA) is 124 Å². The smallest absolute Gasteiger partial charge is 0.511 e. The van der Waals surface area contributed by atoms with Gasteiger partial charge in [-0.2, -0.15) is 0 Å². The molecule has 1 N–H and O–H groups in total. The van der Waals surface area contributed by atoms with Crippen LogP contribution < -0.4 is 0 Å². The molecular weight excluding hydrogens is 262 g/mol. The Balaban J connectivity index is 4.27. The Morgan fingerprint density at radius 1 is 1.42 bits per heavy atom. The van der Waals surface area contributed by atoms with Gasteiger partial charge in [0.15, 0.2) is 5.54 Å². The van der Waals surface area contributed by atoms with Gasteiger partial charge in [0, 0.05) is 0 Å². The molecule has 0 radical (unpaired) electrons. The number of carbonyl (C=O) groups excluding carboxylic acids is 1. The molecule has 0 aliphatic carbocycles. The highest BCUT2D eigenvalue weighted by Crippen LogP contribution is 2.12. The summed E-state index contributed by atoms with van der Waals surface area (Å²) < 4.78 is 8.79. The minimum absolute atomic E-state index is 0.0668. The Kier molecular flexibility index (Phi) is 6.38. The molecule has 0 unspecified atom stereocenters. The number of carboxylic acids is 1. The van der Waals surface area contributed by atoms with Crippen molar-refractivity contribution in [3.63, 3.8) is 0 Å². The standard InChI is InChI=1S/C9H17N3O7/c1-5-17-8(15)18-6-19-10-12(16)11(4)9(2,3)7(13)14/h5-6H2,1-4H3,(H,13,14)/b12-10-. The second-order valence-electron chi connectivity index (χ2n) is 3.80. The van der Waals surface area contributed by atoms with E-state index in [4.69, 9.17) is 5.11 Å². The third-order valence-corrected chi connectivity index (χ3v) is 2.21. The number of carbonyl (C=O) groups is 2. The van der Waals surface area contributed by atoms with Crippen molar-refractivity contribution in [2.45, 2.75) is 26.3 Å². The molecule has 0 saturated carbocycles. The lowest BCUT2D eigenvalue weighted by Crippen LogP contribution is -2.50. The minimum atomic E-state index is -1.48. The van der Waals surface area contributed by atoms with Crippen molar-refractivity contribution in [3.8, 4) is 0 Å². The van der Waals surface area contributed by atoms with E-state index in [0.717, 1.165) is 5.01 Å². The molecule has 0 spiro atoms. The molecule has 0 aromatic heterocycles. The summed E-state index contributed by atoms with van der Waals surface area (Å²) in [5.41, 5.74) is -1.48. The highest BCUT2D eigenvalue weighted by atomic mass is 16.8. The number of hydrazine groups is 1. The lowest BCUT2D eigenvalue weighted by Gasteiger charge is -2.26. The monoisotopic (exact) mass is 279 g/mol. The highest BCUT2D eigenvalue weighted by molar-refractivity contribution is 5.77. The van der Waals surface area contributed by atoms with Gasteiger partial charge >= 0.3 is 12.1 Å². The van der Waals surface area contributed by atoms with Crippen molar-refractivity contribution >= 4 is 12.1 Å². The van der Waals surface area contributed by atoms with Crippen molar-refractivity contribution < 1.29 is 34.0 Å². The number of hydrogen-bond acceptors (Lipinski definition) is 7. The first-order valence-electron chi connectivity index (χ1n) is 5.30. The number of carboxylic acid groups (broad SMARTS) is 1. The fraction of sp³-hybridized carbons (Fsp3) is 0.778. The zero-order chi connectivity index (χ0) is 15.1. The van der Waals surface area contributed by atoms with Crippen LogP contribution in [0, 0.1) is 5.21 Å². The Labute approximate surface area is 109 Å². The Bertz CT molecular complexity index is 356. The van der Waals surface area contributed by atoms with Crippen molar-refractivity contribution in [2.75, 3.05) is 20.4 Å². The molecule has 19 heavy (non-hydrogen) atoms. The minimum Gasteiger partial charge on any atom is -0.569 e. The van der Waals surface area contributed by atoms with Crippen LogP contribution in [0.4, 0.5) is 4.79 Å². The normalized spacial score (nSPS) is 11.7. The molecule has 0 heterocycles. The predicted octanol–water partition coefficient (Wildman–Crippen LogP) is 0.721. The first-order valence-corrected chi connectivity index (χ1v) is 5.30. The number of nitrogens with zero attached hydrogens (tertiary/aromatic N) is 3. The van der Waals surface area contributed by atoms with E-state index < -0.39 is 24.5 Å². The van der Waals surface area contributed by atoms with Crippen molar-refractivity contribution in [1.29, 1.82) is 0 Å². The zero-order valence-corrected chi connectivity index (χ0v) is 11.2. The van der Waals surface area contributed by atoms with E-state index in [1.165, 1.54) is 20.9 Å². The second kappa shape index (κ2) is 7.24. The maximum absolute atomic E-state index is 11.4. The molecule has 110 valence electrons. The number of hydrogen-bond donors (Lipinski definition) is 1. The third kappa shape index (κ3) is 5.27. The lowest BCUT2D eigenvalue weighted by atomic mass is 10.1. The first-order chi connectivity index (χ1) is 8.73. The fourth-order valence-corrected chi connectivity index (χ4v) is 0.714. The van der Waals surface area contributed by atoms with E-state index in [9.17, 15) is 14.8 Å². The quantitative estimate of drug-likeness (QED) is 0.180. The Morgan fingerprint density at radius 3 is 2.47 bits per heavy atom.